The fraction of sp³-hybridized carbons (Fsp3) is 0.0741. The van der Waals surface area contributed by atoms with Gasteiger partial charge in [0.15, 0.2) is 5.60 Å². The Morgan fingerprint density at radius 2 is 1.60 bits per heavy atom. The summed E-state index contributed by atoms with van der Waals surface area (Å²) >= 11 is 6.07. The number of carbonyl (C=O) groups is 2. The minimum atomic E-state index is -1.94. The molecule has 4 rings (SSSR count). The second-order valence-electron chi connectivity index (χ2n) is 7.53. The van der Waals surface area contributed by atoms with Gasteiger partial charge < -0.3 is 14.3 Å². The summed E-state index contributed by atoms with van der Waals surface area (Å²) in [5, 5.41) is 15.7. The maximum Gasteiger partial charge on any atom is 0.339 e. The molecular weight excluding hydrogens is 468 g/mol. The molecule has 0 bridgehead atoms. The van der Waals surface area contributed by atoms with E-state index in [1.807, 2.05) is 0 Å². The van der Waals surface area contributed by atoms with Gasteiger partial charge in [-0.25, -0.2) is 10.2 Å². The van der Waals surface area contributed by atoms with Gasteiger partial charge in [0.1, 0.15) is 11.5 Å². The first-order valence-electron chi connectivity index (χ1n) is 10.6. The zero-order chi connectivity index (χ0) is 24.8. The number of nitrogens with zero attached hydrogens (tertiary/aromatic N) is 1. The predicted octanol–water partition coefficient (Wildman–Crippen LogP) is 4.77. The quantitative estimate of drug-likeness (QED) is 0.221. The highest BCUT2D eigenvalue weighted by molar-refractivity contribution is 6.33. The molecule has 3 aromatic carbocycles. The van der Waals surface area contributed by atoms with E-state index < -0.39 is 17.5 Å². The molecule has 0 fully saturated rings. The van der Waals surface area contributed by atoms with Gasteiger partial charge in [0, 0.05) is 5.56 Å². The van der Waals surface area contributed by atoms with Crippen molar-refractivity contribution >= 4 is 29.7 Å². The number of aliphatic hydroxyl groups is 1. The molecule has 0 radical (unpaired) electrons. The van der Waals surface area contributed by atoms with Crippen molar-refractivity contribution in [1.29, 1.82) is 0 Å². The second-order valence-corrected chi connectivity index (χ2v) is 7.94. The van der Waals surface area contributed by atoms with Crippen LogP contribution in [0.5, 0.6) is 0 Å². The highest BCUT2D eigenvalue weighted by Crippen LogP contribution is 2.30. The van der Waals surface area contributed by atoms with Crippen molar-refractivity contribution < 1.29 is 23.8 Å². The normalized spacial score (nSPS) is 11.4. The first-order chi connectivity index (χ1) is 16.9. The summed E-state index contributed by atoms with van der Waals surface area (Å²) in [6, 6.07) is 25.4. The Kier molecular flexibility index (Phi) is 7.10. The van der Waals surface area contributed by atoms with Gasteiger partial charge in [-0.3, -0.25) is 4.79 Å². The Morgan fingerprint density at radius 3 is 2.20 bits per heavy atom. The monoisotopic (exact) mass is 488 g/mol. The Balaban J connectivity index is 1.54. The third-order valence-corrected chi connectivity index (χ3v) is 5.68. The van der Waals surface area contributed by atoms with Crippen LogP contribution in [-0.2, 0) is 15.1 Å². The fourth-order valence-electron chi connectivity index (χ4n) is 3.55. The highest BCUT2D eigenvalue weighted by atomic mass is 35.5. The molecule has 4 aromatic rings. The van der Waals surface area contributed by atoms with E-state index >= 15 is 0 Å². The Morgan fingerprint density at radius 1 is 0.971 bits per heavy atom. The summed E-state index contributed by atoms with van der Waals surface area (Å²) in [5.41, 5.74) is 2.09. The average molecular weight is 489 g/mol. The van der Waals surface area contributed by atoms with Gasteiger partial charge >= 0.3 is 5.97 Å². The number of methoxy groups -OCH3 is 1. The molecule has 7 nitrogen and oxygen atoms in total. The molecule has 176 valence electrons. The molecule has 2 N–H and O–H groups in total. The summed E-state index contributed by atoms with van der Waals surface area (Å²) in [4.78, 5) is 25.0. The van der Waals surface area contributed by atoms with E-state index in [0.29, 0.717) is 28.2 Å². The van der Waals surface area contributed by atoms with E-state index in [4.69, 9.17) is 20.8 Å². The van der Waals surface area contributed by atoms with Crippen LogP contribution in [0.3, 0.4) is 0 Å². The molecule has 1 amide bonds. The van der Waals surface area contributed by atoms with E-state index in [1.165, 1.54) is 13.3 Å². The van der Waals surface area contributed by atoms with E-state index in [2.05, 4.69) is 10.5 Å². The van der Waals surface area contributed by atoms with Crippen LogP contribution in [-0.4, -0.2) is 30.3 Å². The summed E-state index contributed by atoms with van der Waals surface area (Å²) in [6.07, 6.45) is 1.31. The lowest BCUT2D eigenvalue weighted by Gasteiger charge is -2.26. The molecule has 0 saturated carbocycles. The number of amides is 1. The Hall–Kier alpha value is -4.20. The molecule has 0 unspecified atom stereocenters. The van der Waals surface area contributed by atoms with E-state index in [0.717, 1.165) is 0 Å². The number of hydrogen-bond donors (Lipinski definition) is 2. The van der Waals surface area contributed by atoms with E-state index in [1.54, 1.807) is 91.0 Å². The van der Waals surface area contributed by atoms with Gasteiger partial charge in [-0.1, -0.05) is 72.3 Å². The Bertz CT molecular complexity index is 1330. The molecule has 35 heavy (non-hydrogen) atoms. The van der Waals surface area contributed by atoms with Crippen LogP contribution in [0, 0.1) is 0 Å². The number of carbonyl (C=O) groups excluding carboxylic acids is 2. The summed E-state index contributed by atoms with van der Waals surface area (Å²) in [7, 11) is 1.28. The second kappa shape index (κ2) is 10.4. The fourth-order valence-corrected chi connectivity index (χ4v) is 3.74. The van der Waals surface area contributed by atoms with E-state index in [-0.39, 0.29) is 10.6 Å². The van der Waals surface area contributed by atoms with Gasteiger partial charge in [-0.2, -0.15) is 5.10 Å². The minimum Gasteiger partial charge on any atom is -0.465 e. The number of esters is 1. The number of nitrogens with one attached hydrogen (secondary N) is 1. The topological polar surface area (TPSA) is 101 Å². The molecule has 0 atom stereocenters. The van der Waals surface area contributed by atoms with Gasteiger partial charge in [0.25, 0.3) is 5.91 Å². The predicted molar refractivity (Wildman–Crippen MR) is 132 cm³/mol. The zero-order valence-electron chi connectivity index (χ0n) is 18.6. The zero-order valence-corrected chi connectivity index (χ0v) is 19.4. The number of ether oxygens (including phenoxy) is 1. The minimum absolute atomic E-state index is 0.214. The van der Waals surface area contributed by atoms with Crippen LogP contribution in [0.1, 0.15) is 27.2 Å². The number of rotatable bonds is 7. The molecule has 0 aliphatic heterocycles. The maximum atomic E-state index is 13.1. The van der Waals surface area contributed by atoms with Crippen molar-refractivity contribution in [1.82, 2.24) is 5.43 Å². The standard InChI is InChI=1S/C27H21ClN2O5/c1-34-25(31)22-16-18(12-14-23(22)28)24-15-13-21(35-24)17-29-30-26(32)27(33,19-8-4-2-5-9-19)20-10-6-3-7-11-20/h2-17,33H,1H3,(H,30,32). The molecule has 0 spiro atoms. The lowest BCUT2D eigenvalue weighted by molar-refractivity contribution is -0.136. The van der Waals surface area contributed by atoms with Crippen molar-refractivity contribution in [2.45, 2.75) is 5.60 Å². The van der Waals surface area contributed by atoms with E-state index in [9.17, 15) is 14.7 Å². The molecule has 1 aromatic heterocycles. The van der Waals surface area contributed by atoms with Gasteiger partial charge in [0.2, 0.25) is 0 Å². The summed E-state index contributed by atoms with van der Waals surface area (Å²) in [6.45, 7) is 0. The van der Waals surface area contributed by atoms with Gasteiger partial charge in [-0.05, 0) is 41.5 Å². The lowest BCUT2D eigenvalue weighted by atomic mass is 9.85. The van der Waals surface area contributed by atoms with Gasteiger partial charge in [-0.15, -0.1) is 0 Å². The van der Waals surface area contributed by atoms with Crippen LogP contribution in [0.2, 0.25) is 5.02 Å². The number of benzene rings is 3. The van der Waals surface area contributed by atoms with Crippen LogP contribution < -0.4 is 5.43 Å². The maximum absolute atomic E-state index is 13.1. The molecular formula is C27H21ClN2O5. The summed E-state index contributed by atoms with van der Waals surface area (Å²) < 4.78 is 10.5. The highest BCUT2D eigenvalue weighted by Gasteiger charge is 2.39. The first-order valence-corrected chi connectivity index (χ1v) is 11.0. The van der Waals surface area contributed by atoms with Crippen LogP contribution >= 0.6 is 11.6 Å². The smallest absolute Gasteiger partial charge is 0.339 e. The molecule has 0 aliphatic rings. The van der Waals surface area contributed by atoms with Crippen LogP contribution in [0.15, 0.2) is 101 Å². The van der Waals surface area contributed by atoms with Crippen LogP contribution in [0.4, 0.5) is 0 Å². The SMILES string of the molecule is COC(=O)c1cc(-c2ccc(C=NNC(=O)C(O)(c3ccccc3)c3ccccc3)o2)ccc1Cl. The lowest BCUT2D eigenvalue weighted by Crippen LogP contribution is -2.43. The van der Waals surface area contributed by atoms with Crippen molar-refractivity contribution in [3.05, 3.63) is 118 Å². The molecule has 8 heteroatoms. The largest absolute Gasteiger partial charge is 0.465 e. The third kappa shape index (κ3) is 5.01. The Labute approximate surface area is 206 Å². The molecule has 1 heterocycles. The van der Waals surface area contributed by atoms with Gasteiger partial charge in [0.05, 0.1) is 23.9 Å². The molecule has 0 saturated heterocycles. The number of hydrogen-bond acceptors (Lipinski definition) is 6. The van der Waals surface area contributed by atoms with Crippen molar-refractivity contribution in [2.75, 3.05) is 7.11 Å². The number of hydrazone groups is 1. The first kappa shape index (κ1) is 23.9. The third-order valence-electron chi connectivity index (χ3n) is 5.35. The van der Waals surface area contributed by atoms with Crippen molar-refractivity contribution in [3.8, 4) is 11.3 Å². The molecule has 0 aliphatic carbocycles. The summed E-state index contributed by atoms with van der Waals surface area (Å²) in [5.74, 6) is -0.474. The van der Waals surface area contributed by atoms with Crippen LogP contribution in [0.25, 0.3) is 11.3 Å². The van der Waals surface area contributed by atoms with Crippen molar-refractivity contribution in [2.24, 2.45) is 5.10 Å². The van der Waals surface area contributed by atoms with Crippen molar-refractivity contribution in [3.63, 3.8) is 0 Å². The number of furan rings is 1. The average Bonchev–Trinajstić information content (AvgIpc) is 3.38. The number of halogens is 1.